The molecule has 1 unspecified atom stereocenters. The minimum Gasteiger partial charge on any atom is -0.444 e. The lowest BCUT2D eigenvalue weighted by atomic mass is 10.0. The van der Waals surface area contributed by atoms with Crippen molar-refractivity contribution >= 4 is 17.5 Å². The number of nitrogens with one attached hydrogen (secondary N) is 2. The summed E-state index contributed by atoms with van der Waals surface area (Å²) in [7, 11) is 0. The topological polar surface area (TPSA) is 75.6 Å². The van der Waals surface area contributed by atoms with Gasteiger partial charge in [-0.1, -0.05) is 18.2 Å². The molecule has 0 radical (unpaired) electrons. The standard InChI is InChI=1S/C19H22N4O2/c1-19(2,3)25-18(24)21-14-9-7-13(8-10-14)16-12-17(23-22-16)15-6-4-5-11-20-15/h4-11,17,23H,12H2,1-3H3,(H,21,24). The fourth-order valence-corrected chi connectivity index (χ4v) is 2.54. The summed E-state index contributed by atoms with van der Waals surface area (Å²) >= 11 is 0. The summed E-state index contributed by atoms with van der Waals surface area (Å²) < 4.78 is 5.24. The molecule has 6 heteroatoms. The van der Waals surface area contributed by atoms with Gasteiger partial charge in [-0.15, -0.1) is 0 Å². The van der Waals surface area contributed by atoms with E-state index in [2.05, 4.69) is 20.8 Å². The van der Waals surface area contributed by atoms with E-state index in [0.717, 1.165) is 23.4 Å². The number of hydrogen-bond acceptors (Lipinski definition) is 5. The Kier molecular flexibility index (Phi) is 4.70. The van der Waals surface area contributed by atoms with Crippen molar-refractivity contribution in [2.45, 2.75) is 38.8 Å². The first-order valence-corrected chi connectivity index (χ1v) is 8.24. The molecule has 2 aromatic rings. The zero-order valence-corrected chi connectivity index (χ0v) is 14.6. The lowest BCUT2D eigenvalue weighted by molar-refractivity contribution is 0.0636. The van der Waals surface area contributed by atoms with Gasteiger partial charge in [0, 0.05) is 18.3 Å². The molecule has 0 spiro atoms. The molecule has 1 aliphatic rings. The van der Waals surface area contributed by atoms with Gasteiger partial charge in [0.2, 0.25) is 0 Å². The smallest absolute Gasteiger partial charge is 0.412 e. The van der Waals surface area contributed by atoms with Crippen molar-refractivity contribution in [3.8, 4) is 0 Å². The molecular formula is C19H22N4O2. The highest BCUT2D eigenvalue weighted by Gasteiger charge is 2.22. The van der Waals surface area contributed by atoms with Crippen LogP contribution < -0.4 is 10.7 Å². The van der Waals surface area contributed by atoms with Crippen LogP contribution in [-0.2, 0) is 4.74 Å². The van der Waals surface area contributed by atoms with Crippen molar-refractivity contribution in [1.29, 1.82) is 0 Å². The Hall–Kier alpha value is -2.89. The number of hydrazone groups is 1. The van der Waals surface area contributed by atoms with E-state index in [1.165, 1.54) is 0 Å². The molecule has 3 rings (SSSR count). The van der Waals surface area contributed by atoms with E-state index in [1.54, 1.807) is 6.20 Å². The number of hydrogen-bond donors (Lipinski definition) is 2. The minimum atomic E-state index is -0.519. The maximum atomic E-state index is 11.8. The number of carbonyl (C=O) groups is 1. The molecule has 0 aliphatic carbocycles. The van der Waals surface area contributed by atoms with E-state index in [1.807, 2.05) is 63.2 Å². The van der Waals surface area contributed by atoms with Crippen LogP contribution in [0.2, 0.25) is 0 Å². The van der Waals surface area contributed by atoms with Crippen LogP contribution >= 0.6 is 0 Å². The van der Waals surface area contributed by atoms with Gasteiger partial charge < -0.3 is 10.2 Å². The molecule has 0 fully saturated rings. The zero-order chi connectivity index (χ0) is 17.9. The zero-order valence-electron chi connectivity index (χ0n) is 14.6. The number of rotatable bonds is 3. The number of carbonyl (C=O) groups excluding carboxylic acids is 1. The molecule has 0 saturated heterocycles. The summed E-state index contributed by atoms with van der Waals surface area (Å²) in [6.07, 6.45) is 2.09. The largest absolute Gasteiger partial charge is 0.444 e. The molecule has 0 bridgehead atoms. The summed E-state index contributed by atoms with van der Waals surface area (Å²) in [5.41, 5.74) is 6.26. The van der Waals surface area contributed by atoms with E-state index in [9.17, 15) is 4.79 Å². The van der Waals surface area contributed by atoms with Gasteiger partial charge in [0.05, 0.1) is 17.4 Å². The first kappa shape index (κ1) is 17.0. The number of aromatic nitrogens is 1. The van der Waals surface area contributed by atoms with Gasteiger partial charge >= 0.3 is 6.09 Å². The Bertz CT molecular complexity index is 764. The Morgan fingerprint density at radius 2 is 1.96 bits per heavy atom. The summed E-state index contributed by atoms with van der Waals surface area (Å²) in [4.78, 5) is 16.2. The van der Waals surface area contributed by atoms with Gasteiger partial charge in [-0.3, -0.25) is 10.3 Å². The molecular weight excluding hydrogens is 316 g/mol. The average molecular weight is 338 g/mol. The van der Waals surface area contributed by atoms with Gasteiger partial charge in [-0.2, -0.15) is 5.10 Å². The van der Waals surface area contributed by atoms with Crippen molar-refractivity contribution in [1.82, 2.24) is 10.4 Å². The number of ether oxygens (including phenoxy) is 1. The molecule has 1 amide bonds. The van der Waals surface area contributed by atoms with Crippen LogP contribution in [0.5, 0.6) is 0 Å². The maximum Gasteiger partial charge on any atom is 0.412 e. The number of amides is 1. The molecule has 1 aliphatic heterocycles. The molecule has 2 N–H and O–H groups in total. The quantitative estimate of drug-likeness (QED) is 0.891. The van der Waals surface area contributed by atoms with Gasteiger partial charge in [0.1, 0.15) is 5.60 Å². The Balaban J connectivity index is 1.61. The summed E-state index contributed by atoms with van der Waals surface area (Å²) in [5.74, 6) is 0. The van der Waals surface area contributed by atoms with Crippen LogP contribution in [0, 0.1) is 0 Å². The van der Waals surface area contributed by atoms with Gasteiger partial charge in [-0.25, -0.2) is 4.79 Å². The van der Waals surface area contributed by atoms with Crippen molar-refractivity contribution in [2.75, 3.05) is 5.32 Å². The monoisotopic (exact) mass is 338 g/mol. The van der Waals surface area contributed by atoms with Crippen molar-refractivity contribution in [2.24, 2.45) is 5.10 Å². The third-order valence-corrected chi connectivity index (χ3v) is 3.66. The van der Waals surface area contributed by atoms with Gasteiger partial charge in [-0.05, 0) is 50.6 Å². The third kappa shape index (κ3) is 4.56. The second-order valence-electron chi connectivity index (χ2n) is 6.90. The Labute approximate surface area is 147 Å². The molecule has 25 heavy (non-hydrogen) atoms. The van der Waals surface area contributed by atoms with Crippen LogP contribution in [0.1, 0.15) is 44.5 Å². The van der Waals surface area contributed by atoms with Crippen LogP contribution in [0.4, 0.5) is 10.5 Å². The van der Waals surface area contributed by atoms with Gasteiger partial charge in [0.15, 0.2) is 0 Å². The predicted molar refractivity (Wildman–Crippen MR) is 97.6 cm³/mol. The number of benzene rings is 1. The highest BCUT2D eigenvalue weighted by atomic mass is 16.6. The minimum absolute atomic E-state index is 0.0933. The molecule has 1 aromatic heterocycles. The number of anilines is 1. The third-order valence-electron chi connectivity index (χ3n) is 3.66. The Morgan fingerprint density at radius 3 is 2.60 bits per heavy atom. The molecule has 2 heterocycles. The van der Waals surface area contributed by atoms with Crippen LogP contribution in [0.25, 0.3) is 0 Å². The normalized spacial score (nSPS) is 16.8. The molecule has 6 nitrogen and oxygen atoms in total. The van der Waals surface area contributed by atoms with E-state index in [0.29, 0.717) is 5.69 Å². The second kappa shape index (κ2) is 6.93. The summed E-state index contributed by atoms with van der Waals surface area (Å²) in [6.45, 7) is 5.50. The maximum absolute atomic E-state index is 11.8. The van der Waals surface area contributed by atoms with E-state index in [-0.39, 0.29) is 6.04 Å². The average Bonchev–Trinajstić information content (AvgIpc) is 3.04. The highest BCUT2D eigenvalue weighted by Crippen LogP contribution is 2.23. The lowest BCUT2D eigenvalue weighted by Gasteiger charge is -2.19. The summed E-state index contributed by atoms with van der Waals surface area (Å²) in [6, 6.07) is 13.5. The van der Waals surface area contributed by atoms with Crippen molar-refractivity contribution in [3.63, 3.8) is 0 Å². The van der Waals surface area contributed by atoms with Gasteiger partial charge in [0.25, 0.3) is 0 Å². The Morgan fingerprint density at radius 1 is 1.20 bits per heavy atom. The second-order valence-corrected chi connectivity index (χ2v) is 6.90. The van der Waals surface area contributed by atoms with Crippen molar-refractivity contribution < 1.29 is 9.53 Å². The first-order valence-electron chi connectivity index (χ1n) is 8.24. The highest BCUT2D eigenvalue weighted by molar-refractivity contribution is 6.02. The fraction of sp³-hybridized carbons (Fsp3) is 0.316. The molecule has 1 aromatic carbocycles. The van der Waals surface area contributed by atoms with E-state index < -0.39 is 11.7 Å². The van der Waals surface area contributed by atoms with Crippen molar-refractivity contribution in [3.05, 3.63) is 59.9 Å². The number of nitrogens with zero attached hydrogens (tertiary/aromatic N) is 2. The lowest BCUT2D eigenvalue weighted by Crippen LogP contribution is -2.27. The fourth-order valence-electron chi connectivity index (χ4n) is 2.54. The predicted octanol–water partition coefficient (Wildman–Crippen LogP) is 3.87. The molecule has 130 valence electrons. The number of pyridine rings is 1. The summed E-state index contributed by atoms with van der Waals surface area (Å²) in [5, 5.41) is 7.14. The molecule has 1 atom stereocenters. The SMILES string of the molecule is CC(C)(C)OC(=O)Nc1ccc(C2=NNC(c3ccccn3)C2)cc1. The molecule has 0 saturated carbocycles. The van der Waals surface area contributed by atoms with E-state index >= 15 is 0 Å². The van der Waals surface area contributed by atoms with Crippen LogP contribution in [0.15, 0.2) is 53.8 Å². The van der Waals surface area contributed by atoms with Crippen LogP contribution in [0.3, 0.4) is 0 Å². The van der Waals surface area contributed by atoms with E-state index in [4.69, 9.17) is 4.74 Å². The van der Waals surface area contributed by atoms with Crippen LogP contribution in [-0.4, -0.2) is 22.4 Å². The first-order chi connectivity index (χ1) is 11.9.